The lowest BCUT2D eigenvalue weighted by molar-refractivity contribution is -0.129. The van der Waals surface area contributed by atoms with Crippen LogP contribution in [-0.2, 0) is 14.3 Å². The summed E-state index contributed by atoms with van der Waals surface area (Å²) in [6, 6.07) is 10.8. The third-order valence-electron chi connectivity index (χ3n) is 6.27. The molecule has 0 radical (unpaired) electrons. The molecule has 1 aromatic heterocycles. The first-order valence-corrected chi connectivity index (χ1v) is 9.92. The summed E-state index contributed by atoms with van der Waals surface area (Å²) in [6.07, 6.45) is 1.42. The Morgan fingerprint density at radius 3 is 2.70 bits per heavy atom. The van der Waals surface area contributed by atoms with Gasteiger partial charge in [-0.25, -0.2) is 0 Å². The zero-order valence-electron chi connectivity index (χ0n) is 17.3. The van der Waals surface area contributed by atoms with Gasteiger partial charge in [0.15, 0.2) is 5.76 Å². The van der Waals surface area contributed by atoms with Crippen molar-refractivity contribution in [3.63, 3.8) is 0 Å². The van der Waals surface area contributed by atoms with Crippen LogP contribution in [0.4, 0.5) is 5.69 Å². The van der Waals surface area contributed by atoms with E-state index < -0.39 is 23.3 Å². The van der Waals surface area contributed by atoms with E-state index in [1.54, 1.807) is 38.1 Å². The molecule has 1 aromatic carbocycles. The summed E-state index contributed by atoms with van der Waals surface area (Å²) in [6.45, 7) is 2.58. The van der Waals surface area contributed by atoms with Crippen LogP contribution in [0.25, 0.3) is 0 Å². The number of para-hydroxylation sites is 1. The molecule has 0 bridgehead atoms. The number of likely N-dealkylation sites (tertiary alicyclic amines) is 1. The largest absolute Gasteiger partial charge is 0.459 e. The molecule has 3 amide bonds. The number of furan rings is 1. The van der Waals surface area contributed by atoms with Crippen molar-refractivity contribution in [1.29, 1.82) is 0 Å². The van der Waals surface area contributed by atoms with E-state index in [4.69, 9.17) is 9.15 Å². The molecule has 8 heteroatoms. The summed E-state index contributed by atoms with van der Waals surface area (Å²) in [5.41, 5.74) is 0.394. The maximum absolute atomic E-state index is 13.9. The molecular weight excluding hydrogens is 386 g/mol. The normalized spacial score (nSPS) is 25.1. The second-order valence-electron chi connectivity index (χ2n) is 7.75. The Balaban J connectivity index is 1.88. The Labute approximate surface area is 174 Å². The number of fused-ring (bicyclic) bond motifs is 3. The predicted molar refractivity (Wildman–Crippen MR) is 109 cm³/mol. The summed E-state index contributed by atoms with van der Waals surface area (Å²) in [4.78, 5) is 43.1. The maximum atomic E-state index is 13.9. The molecule has 0 saturated carbocycles. The minimum atomic E-state index is -1.23. The van der Waals surface area contributed by atoms with Gasteiger partial charge in [-0.3, -0.25) is 14.4 Å². The van der Waals surface area contributed by atoms with Crippen molar-refractivity contribution in [2.75, 3.05) is 38.8 Å². The summed E-state index contributed by atoms with van der Waals surface area (Å²) in [5, 5.41) is 2.70. The van der Waals surface area contributed by atoms with E-state index in [0.29, 0.717) is 13.2 Å². The van der Waals surface area contributed by atoms with Crippen LogP contribution in [0, 0.1) is 5.92 Å². The minimum Gasteiger partial charge on any atom is -0.459 e. The third kappa shape index (κ3) is 2.82. The highest BCUT2D eigenvalue weighted by Crippen LogP contribution is 2.53. The van der Waals surface area contributed by atoms with Gasteiger partial charge in [-0.05, 0) is 30.7 Å². The van der Waals surface area contributed by atoms with Gasteiger partial charge in [0.2, 0.25) is 5.91 Å². The van der Waals surface area contributed by atoms with Crippen molar-refractivity contribution in [3.05, 3.63) is 54.0 Å². The first kappa shape index (κ1) is 20.2. The van der Waals surface area contributed by atoms with E-state index in [-0.39, 0.29) is 24.1 Å². The SMILES string of the molecule is CNC(=O)[C@H]1CN(C(=O)c2ccco2)[C@]2(C)C(=O)N(CCOC)c3ccccc3[C@H]12. The number of carbonyl (C=O) groups is 3. The second kappa shape index (κ2) is 7.60. The van der Waals surface area contributed by atoms with Crippen LogP contribution >= 0.6 is 0 Å². The van der Waals surface area contributed by atoms with Crippen LogP contribution in [0.15, 0.2) is 47.1 Å². The monoisotopic (exact) mass is 411 g/mol. The molecule has 2 aromatic rings. The number of carbonyl (C=O) groups excluding carboxylic acids is 3. The van der Waals surface area contributed by atoms with Crippen molar-refractivity contribution in [2.24, 2.45) is 5.92 Å². The summed E-state index contributed by atoms with van der Waals surface area (Å²) in [5.74, 6) is -1.73. The van der Waals surface area contributed by atoms with Gasteiger partial charge < -0.3 is 24.3 Å². The van der Waals surface area contributed by atoms with Crippen molar-refractivity contribution in [1.82, 2.24) is 10.2 Å². The highest BCUT2D eigenvalue weighted by atomic mass is 16.5. The van der Waals surface area contributed by atoms with Crippen molar-refractivity contribution in [2.45, 2.75) is 18.4 Å². The highest BCUT2D eigenvalue weighted by Gasteiger charge is 2.63. The molecule has 158 valence electrons. The third-order valence-corrected chi connectivity index (χ3v) is 6.27. The zero-order valence-corrected chi connectivity index (χ0v) is 17.3. The number of methoxy groups -OCH3 is 1. The Morgan fingerprint density at radius 1 is 1.27 bits per heavy atom. The summed E-state index contributed by atoms with van der Waals surface area (Å²) in [7, 11) is 3.15. The molecule has 1 saturated heterocycles. The van der Waals surface area contributed by atoms with E-state index in [2.05, 4.69) is 5.32 Å². The van der Waals surface area contributed by atoms with Gasteiger partial charge in [-0.15, -0.1) is 0 Å². The van der Waals surface area contributed by atoms with Gasteiger partial charge >= 0.3 is 0 Å². The first-order valence-electron chi connectivity index (χ1n) is 9.92. The van der Waals surface area contributed by atoms with Crippen molar-refractivity contribution in [3.8, 4) is 0 Å². The number of nitrogens with zero attached hydrogens (tertiary/aromatic N) is 2. The average Bonchev–Trinajstić information content (AvgIpc) is 3.40. The van der Waals surface area contributed by atoms with Crippen LogP contribution in [-0.4, -0.2) is 62.0 Å². The van der Waals surface area contributed by atoms with Gasteiger partial charge in [0.05, 0.1) is 18.8 Å². The van der Waals surface area contributed by atoms with Gasteiger partial charge in [0.1, 0.15) is 5.54 Å². The number of anilines is 1. The van der Waals surface area contributed by atoms with Crippen molar-refractivity contribution >= 4 is 23.4 Å². The highest BCUT2D eigenvalue weighted by molar-refractivity contribution is 6.09. The predicted octanol–water partition coefficient (Wildman–Crippen LogP) is 1.63. The summed E-state index contributed by atoms with van der Waals surface area (Å²) < 4.78 is 10.5. The molecule has 3 heterocycles. The molecule has 0 spiro atoms. The molecule has 0 unspecified atom stereocenters. The number of hydrogen-bond donors (Lipinski definition) is 1. The molecule has 3 atom stereocenters. The second-order valence-corrected chi connectivity index (χ2v) is 7.75. The standard InChI is InChI=1S/C22H25N3O5/c1-22-18(14-7-4-5-8-16(14)24(21(22)28)10-12-29-3)15(19(26)23-2)13-25(22)20(27)17-9-6-11-30-17/h4-9,11,15,18H,10,12-13H2,1-3H3,(H,23,26)/t15-,18+,22-/m0/s1. The Morgan fingerprint density at radius 2 is 2.03 bits per heavy atom. The fourth-order valence-corrected chi connectivity index (χ4v) is 4.85. The van der Waals surface area contributed by atoms with Gasteiger partial charge in [0.25, 0.3) is 11.8 Å². The molecule has 1 fully saturated rings. The number of benzene rings is 1. The lowest BCUT2D eigenvalue weighted by Crippen LogP contribution is -2.62. The number of ether oxygens (including phenoxy) is 1. The van der Waals surface area contributed by atoms with E-state index in [1.165, 1.54) is 11.2 Å². The van der Waals surface area contributed by atoms with E-state index in [1.807, 2.05) is 24.3 Å². The molecule has 2 aliphatic heterocycles. The van der Waals surface area contributed by atoms with Crippen LogP contribution in [0.1, 0.15) is 29.0 Å². The van der Waals surface area contributed by atoms with Gasteiger partial charge in [-0.2, -0.15) is 0 Å². The number of hydrogen-bond acceptors (Lipinski definition) is 5. The van der Waals surface area contributed by atoms with E-state index >= 15 is 0 Å². The summed E-state index contributed by atoms with van der Waals surface area (Å²) >= 11 is 0. The minimum absolute atomic E-state index is 0.124. The smallest absolute Gasteiger partial charge is 0.290 e. The topological polar surface area (TPSA) is 92.1 Å². The molecule has 0 aliphatic carbocycles. The Hall–Kier alpha value is -3.13. The molecular formula is C22H25N3O5. The van der Waals surface area contributed by atoms with E-state index in [0.717, 1.165) is 11.3 Å². The van der Waals surface area contributed by atoms with Gasteiger partial charge in [-0.1, -0.05) is 18.2 Å². The van der Waals surface area contributed by atoms with Crippen LogP contribution < -0.4 is 10.2 Å². The number of rotatable bonds is 5. The maximum Gasteiger partial charge on any atom is 0.290 e. The van der Waals surface area contributed by atoms with Gasteiger partial charge in [0, 0.05) is 38.9 Å². The molecule has 2 aliphatic rings. The fourth-order valence-electron chi connectivity index (χ4n) is 4.85. The molecule has 8 nitrogen and oxygen atoms in total. The fraction of sp³-hybridized carbons (Fsp3) is 0.409. The van der Waals surface area contributed by atoms with E-state index in [9.17, 15) is 14.4 Å². The van der Waals surface area contributed by atoms with Crippen LogP contribution in [0.2, 0.25) is 0 Å². The quantitative estimate of drug-likeness (QED) is 0.808. The van der Waals surface area contributed by atoms with Crippen LogP contribution in [0.3, 0.4) is 0 Å². The molecule has 30 heavy (non-hydrogen) atoms. The van der Waals surface area contributed by atoms with Crippen LogP contribution in [0.5, 0.6) is 0 Å². The number of amides is 3. The lowest BCUT2D eigenvalue weighted by atomic mass is 9.71. The average molecular weight is 411 g/mol. The Bertz CT molecular complexity index is 973. The number of nitrogens with one attached hydrogen (secondary N) is 1. The Kier molecular flexibility index (Phi) is 5.11. The van der Waals surface area contributed by atoms with Crippen molar-refractivity contribution < 1.29 is 23.5 Å². The molecule has 4 rings (SSSR count). The molecule has 1 N–H and O–H groups in total. The zero-order chi connectivity index (χ0) is 21.5. The first-order chi connectivity index (χ1) is 14.4. The lowest BCUT2D eigenvalue weighted by Gasteiger charge is -2.46.